The standard InChI is InChI=1S/C30H36F3N3O/c1-4-25(20-34-26-17-15-23(16-18-26)22-11-7-5-8-12-22)35-29(37)27(19-21(2)3)36-28(30(31,32)33)24-13-9-6-10-14-24/h5-18,21,25,27-28,34,36H,4,19-20H2,1-3H3,(H,35,37)/t25-,27-,28-/m0/s1. The molecule has 3 aromatic rings. The molecule has 0 aliphatic heterocycles. The van der Waals surface area contributed by atoms with E-state index in [1.54, 1.807) is 18.2 Å². The lowest BCUT2D eigenvalue weighted by Crippen LogP contribution is -2.52. The number of halogens is 3. The maximum Gasteiger partial charge on any atom is 0.407 e. The van der Waals surface area contributed by atoms with Gasteiger partial charge in [-0.2, -0.15) is 13.2 Å². The van der Waals surface area contributed by atoms with Gasteiger partial charge in [0.05, 0.1) is 6.04 Å². The van der Waals surface area contributed by atoms with Gasteiger partial charge in [-0.3, -0.25) is 10.1 Å². The minimum Gasteiger partial charge on any atom is -0.383 e. The number of carbonyl (C=O) groups excluding carboxylic acids is 1. The number of amides is 1. The Morgan fingerprint density at radius 3 is 1.95 bits per heavy atom. The molecule has 0 spiro atoms. The summed E-state index contributed by atoms with van der Waals surface area (Å²) in [6.07, 6.45) is -3.61. The molecule has 0 aromatic heterocycles. The minimum atomic E-state index is -4.53. The van der Waals surface area contributed by atoms with E-state index in [1.165, 1.54) is 12.1 Å². The Balaban J connectivity index is 1.64. The van der Waals surface area contributed by atoms with Crippen molar-refractivity contribution >= 4 is 11.6 Å². The molecule has 0 aliphatic rings. The van der Waals surface area contributed by atoms with Crippen molar-refractivity contribution in [3.05, 3.63) is 90.5 Å². The second-order valence-electron chi connectivity index (χ2n) is 9.67. The molecule has 1 amide bonds. The second-order valence-corrected chi connectivity index (χ2v) is 9.67. The Morgan fingerprint density at radius 2 is 1.41 bits per heavy atom. The van der Waals surface area contributed by atoms with Crippen LogP contribution in [0.2, 0.25) is 0 Å². The molecule has 0 saturated carbocycles. The van der Waals surface area contributed by atoms with Crippen LogP contribution >= 0.6 is 0 Å². The van der Waals surface area contributed by atoms with Crippen molar-refractivity contribution in [2.45, 2.75) is 57.9 Å². The van der Waals surface area contributed by atoms with Crippen LogP contribution in [0.25, 0.3) is 11.1 Å². The van der Waals surface area contributed by atoms with Gasteiger partial charge >= 0.3 is 6.18 Å². The molecule has 198 valence electrons. The van der Waals surface area contributed by atoms with Crippen molar-refractivity contribution in [1.82, 2.24) is 10.6 Å². The summed E-state index contributed by atoms with van der Waals surface area (Å²) in [6, 6.07) is 22.6. The van der Waals surface area contributed by atoms with Gasteiger partial charge in [-0.15, -0.1) is 0 Å². The summed E-state index contributed by atoms with van der Waals surface area (Å²) < 4.78 is 41.8. The lowest BCUT2D eigenvalue weighted by molar-refractivity contribution is -0.161. The third kappa shape index (κ3) is 8.64. The highest BCUT2D eigenvalue weighted by Gasteiger charge is 2.42. The van der Waals surface area contributed by atoms with Gasteiger partial charge in [-0.05, 0) is 47.6 Å². The van der Waals surface area contributed by atoms with E-state index in [-0.39, 0.29) is 23.9 Å². The number of benzene rings is 3. The maximum absolute atomic E-state index is 13.9. The van der Waals surface area contributed by atoms with E-state index in [4.69, 9.17) is 0 Å². The third-order valence-corrected chi connectivity index (χ3v) is 6.24. The van der Waals surface area contributed by atoms with Crippen molar-refractivity contribution in [1.29, 1.82) is 0 Å². The van der Waals surface area contributed by atoms with Gasteiger partial charge < -0.3 is 10.6 Å². The summed E-state index contributed by atoms with van der Waals surface area (Å²) >= 11 is 0. The smallest absolute Gasteiger partial charge is 0.383 e. The van der Waals surface area contributed by atoms with Gasteiger partial charge in [-0.25, -0.2) is 0 Å². The van der Waals surface area contributed by atoms with Crippen LogP contribution in [0.15, 0.2) is 84.9 Å². The molecule has 0 aliphatic carbocycles. The van der Waals surface area contributed by atoms with Crippen LogP contribution in [0.5, 0.6) is 0 Å². The van der Waals surface area contributed by atoms with Crippen LogP contribution in [-0.2, 0) is 4.79 Å². The SMILES string of the molecule is CC[C@@H](CNc1ccc(-c2ccccc2)cc1)NC(=O)[C@H](CC(C)C)N[C@@H](c1ccccc1)C(F)(F)F. The van der Waals surface area contributed by atoms with Crippen LogP contribution in [-0.4, -0.2) is 30.7 Å². The van der Waals surface area contributed by atoms with Crippen LogP contribution in [0.4, 0.5) is 18.9 Å². The Kier molecular flexibility index (Phi) is 10.1. The van der Waals surface area contributed by atoms with Crippen molar-refractivity contribution in [2.24, 2.45) is 5.92 Å². The van der Waals surface area contributed by atoms with E-state index in [1.807, 2.05) is 75.4 Å². The Labute approximate surface area is 217 Å². The quantitative estimate of drug-likeness (QED) is 0.246. The Hall–Kier alpha value is -3.32. The van der Waals surface area contributed by atoms with E-state index < -0.39 is 24.2 Å². The van der Waals surface area contributed by atoms with Gasteiger partial charge in [0.2, 0.25) is 5.91 Å². The first kappa shape index (κ1) is 28.3. The molecule has 0 saturated heterocycles. The van der Waals surface area contributed by atoms with Gasteiger partial charge in [0.1, 0.15) is 6.04 Å². The molecule has 0 heterocycles. The fourth-order valence-electron chi connectivity index (χ4n) is 4.20. The van der Waals surface area contributed by atoms with E-state index in [0.29, 0.717) is 13.0 Å². The van der Waals surface area contributed by atoms with E-state index >= 15 is 0 Å². The van der Waals surface area contributed by atoms with Gasteiger partial charge in [-0.1, -0.05) is 93.6 Å². The first-order valence-corrected chi connectivity index (χ1v) is 12.7. The maximum atomic E-state index is 13.9. The highest BCUT2D eigenvalue weighted by Crippen LogP contribution is 2.33. The fraction of sp³-hybridized carbons (Fsp3) is 0.367. The summed E-state index contributed by atoms with van der Waals surface area (Å²) in [7, 11) is 0. The highest BCUT2D eigenvalue weighted by atomic mass is 19.4. The second kappa shape index (κ2) is 13.3. The molecular weight excluding hydrogens is 475 g/mol. The number of hydrogen-bond acceptors (Lipinski definition) is 3. The zero-order valence-electron chi connectivity index (χ0n) is 21.6. The summed E-state index contributed by atoms with van der Waals surface area (Å²) in [5, 5.41) is 8.90. The minimum absolute atomic E-state index is 0.0363. The van der Waals surface area contributed by atoms with E-state index in [9.17, 15) is 18.0 Å². The van der Waals surface area contributed by atoms with Crippen molar-refractivity contribution in [2.75, 3.05) is 11.9 Å². The number of anilines is 1. The predicted octanol–water partition coefficient (Wildman–Crippen LogP) is 6.97. The Morgan fingerprint density at radius 1 is 0.838 bits per heavy atom. The third-order valence-electron chi connectivity index (χ3n) is 6.24. The molecule has 0 radical (unpaired) electrons. The number of rotatable bonds is 12. The highest BCUT2D eigenvalue weighted by molar-refractivity contribution is 5.82. The molecule has 0 bridgehead atoms. The molecule has 0 unspecified atom stereocenters. The lowest BCUT2D eigenvalue weighted by Gasteiger charge is -2.29. The van der Waals surface area contributed by atoms with Crippen LogP contribution in [0, 0.1) is 5.92 Å². The van der Waals surface area contributed by atoms with Gasteiger partial charge in [0.25, 0.3) is 0 Å². The van der Waals surface area contributed by atoms with Gasteiger partial charge in [0.15, 0.2) is 0 Å². The number of nitrogens with one attached hydrogen (secondary N) is 3. The molecular formula is C30H36F3N3O. The molecule has 3 rings (SSSR count). The first-order chi connectivity index (χ1) is 17.7. The summed E-state index contributed by atoms with van der Waals surface area (Å²) in [5.74, 6) is -0.388. The fourth-order valence-corrected chi connectivity index (χ4v) is 4.20. The normalized spacial score (nSPS) is 14.1. The molecule has 7 heteroatoms. The van der Waals surface area contributed by atoms with Crippen molar-refractivity contribution in [3.63, 3.8) is 0 Å². The number of alkyl halides is 3. The van der Waals surface area contributed by atoms with Crippen LogP contribution < -0.4 is 16.0 Å². The van der Waals surface area contributed by atoms with Crippen LogP contribution in [0.1, 0.15) is 45.2 Å². The summed E-state index contributed by atoms with van der Waals surface area (Å²) in [6.45, 7) is 6.19. The molecule has 3 aromatic carbocycles. The average molecular weight is 512 g/mol. The largest absolute Gasteiger partial charge is 0.407 e. The molecule has 3 atom stereocenters. The Bertz CT molecular complexity index is 1090. The molecule has 4 nitrogen and oxygen atoms in total. The zero-order chi connectivity index (χ0) is 26.8. The zero-order valence-corrected chi connectivity index (χ0v) is 21.6. The molecule has 37 heavy (non-hydrogen) atoms. The number of carbonyl (C=O) groups is 1. The topological polar surface area (TPSA) is 53.2 Å². The van der Waals surface area contributed by atoms with Crippen molar-refractivity contribution < 1.29 is 18.0 Å². The molecule has 3 N–H and O–H groups in total. The monoisotopic (exact) mass is 511 g/mol. The van der Waals surface area contributed by atoms with E-state index in [2.05, 4.69) is 16.0 Å². The average Bonchev–Trinajstić information content (AvgIpc) is 2.89. The van der Waals surface area contributed by atoms with E-state index in [0.717, 1.165) is 16.8 Å². The van der Waals surface area contributed by atoms with Crippen LogP contribution in [0.3, 0.4) is 0 Å². The molecule has 0 fully saturated rings. The van der Waals surface area contributed by atoms with Crippen molar-refractivity contribution in [3.8, 4) is 11.1 Å². The lowest BCUT2D eigenvalue weighted by atomic mass is 9.99. The number of hydrogen-bond donors (Lipinski definition) is 3. The summed E-state index contributed by atoms with van der Waals surface area (Å²) in [5.41, 5.74) is 3.23. The summed E-state index contributed by atoms with van der Waals surface area (Å²) in [4.78, 5) is 13.2. The predicted molar refractivity (Wildman–Crippen MR) is 144 cm³/mol. The van der Waals surface area contributed by atoms with Gasteiger partial charge in [0, 0.05) is 18.3 Å². The first-order valence-electron chi connectivity index (χ1n) is 12.7.